The third-order valence-electron chi connectivity index (χ3n) is 3.90. The van der Waals surface area contributed by atoms with Crippen LogP contribution in [0.25, 0.3) is 0 Å². The highest BCUT2D eigenvalue weighted by atomic mass is 32.2. The molecular formula is C17H19NOS2. The molecule has 0 saturated carbocycles. The molecule has 2 aromatic rings. The zero-order chi connectivity index (χ0) is 14.7. The van der Waals surface area contributed by atoms with Gasteiger partial charge in [0.1, 0.15) is 0 Å². The molecule has 0 N–H and O–H groups in total. The van der Waals surface area contributed by atoms with E-state index in [4.69, 9.17) is 0 Å². The van der Waals surface area contributed by atoms with Crippen LogP contribution in [0.4, 0.5) is 0 Å². The van der Waals surface area contributed by atoms with Gasteiger partial charge in [-0.3, -0.25) is 4.79 Å². The Morgan fingerprint density at radius 3 is 2.81 bits per heavy atom. The fraction of sp³-hybridized carbons (Fsp3) is 0.353. The normalized spacial score (nSPS) is 19.3. The van der Waals surface area contributed by atoms with Gasteiger partial charge in [0.2, 0.25) is 0 Å². The second kappa shape index (κ2) is 6.67. The number of nitrogens with zero attached hydrogens (tertiary/aromatic N) is 1. The van der Waals surface area contributed by atoms with E-state index in [1.165, 1.54) is 22.5 Å². The van der Waals surface area contributed by atoms with Crippen LogP contribution >= 0.6 is 23.1 Å². The fourth-order valence-corrected chi connectivity index (χ4v) is 4.74. The van der Waals surface area contributed by atoms with Crippen molar-refractivity contribution in [1.29, 1.82) is 0 Å². The van der Waals surface area contributed by atoms with Gasteiger partial charge in [0.05, 0.1) is 4.88 Å². The molecule has 110 valence electrons. The zero-order valence-corrected chi connectivity index (χ0v) is 13.8. The number of thiophene rings is 1. The lowest BCUT2D eigenvalue weighted by atomic mass is 10.0. The Labute approximate surface area is 134 Å². The lowest BCUT2D eigenvalue weighted by molar-refractivity contribution is 0.0771. The van der Waals surface area contributed by atoms with Crippen molar-refractivity contribution in [3.63, 3.8) is 0 Å². The molecule has 0 bridgehead atoms. The largest absolute Gasteiger partial charge is 0.337 e. The van der Waals surface area contributed by atoms with Crippen LogP contribution in [0.3, 0.4) is 0 Å². The Bertz CT molecular complexity index is 609. The minimum absolute atomic E-state index is 0.191. The van der Waals surface area contributed by atoms with E-state index in [9.17, 15) is 4.79 Å². The van der Waals surface area contributed by atoms with E-state index in [0.29, 0.717) is 5.25 Å². The summed E-state index contributed by atoms with van der Waals surface area (Å²) >= 11 is 3.51. The van der Waals surface area contributed by atoms with Crippen LogP contribution < -0.4 is 0 Å². The minimum atomic E-state index is 0.191. The molecule has 0 radical (unpaired) electrons. The maximum atomic E-state index is 12.5. The lowest BCUT2D eigenvalue weighted by Crippen LogP contribution is -2.32. The highest BCUT2D eigenvalue weighted by Gasteiger charge is 2.23. The summed E-state index contributed by atoms with van der Waals surface area (Å²) in [6, 6.07) is 12.5. The number of carbonyl (C=O) groups excluding carboxylic acids is 1. The molecule has 2 nitrogen and oxygen atoms in total. The molecule has 1 aliphatic rings. The monoisotopic (exact) mass is 317 g/mol. The van der Waals surface area contributed by atoms with Crippen molar-refractivity contribution in [3.05, 3.63) is 57.8 Å². The van der Waals surface area contributed by atoms with Gasteiger partial charge in [-0.25, -0.2) is 0 Å². The van der Waals surface area contributed by atoms with Crippen molar-refractivity contribution in [2.75, 3.05) is 18.8 Å². The first-order valence-electron chi connectivity index (χ1n) is 7.25. The highest BCUT2D eigenvalue weighted by molar-refractivity contribution is 7.99. The van der Waals surface area contributed by atoms with E-state index in [-0.39, 0.29) is 5.91 Å². The molecule has 4 heteroatoms. The van der Waals surface area contributed by atoms with Gasteiger partial charge in [-0.15, -0.1) is 11.3 Å². The first-order chi connectivity index (χ1) is 10.3. The predicted molar refractivity (Wildman–Crippen MR) is 91.2 cm³/mol. The van der Waals surface area contributed by atoms with Gasteiger partial charge in [-0.1, -0.05) is 30.3 Å². The van der Waals surface area contributed by atoms with Gasteiger partial charge in [-0.05, 0) is 35.9 Å². The van der Waals surface area contributed by atoms with Crippen LogP contribution in [0.5, 0.6) is 0 Å². The maximum absolute atomic E-state index is 12.5. The number of hydrogen-bond donors (Lipinski definition) is 0. The van der Waals surface area contributed by atoms with Crippen molar-refractivity contribution >= 4 is 29.0 Å². The van der Waals surface area contributed by atoms with Crippen LogP contribution in [-0.2, 0) is 0 Å². The summed E-state index contributed by atoms with van der Waals surface area (Å²) in [6.45, 7) is 3.88. The van der Waals surface area contributed by atoms with Crippen LogP contribution in [0.1, 0.15) is 32.5 Å². The number of hydrogen-bond acceptors (Lipinski definition) is 3. The number of carbonyl (C=O) groups is 1. The summed E-state index contributed by atoms with van der Waals surface area (Å²) in [5.74, 6) is 1.20. The third-order valence-corrected chi connectivity index (χ3v) is 6.06. The molecule has 1 fully saturated rings. The third kappa shape index (κ3) is 3.33. The molecule has 1 aliphatic heterocycles. The molecule has 0 aliphatic carbocycles. The van der Waals surface area contributed by atoms with Gasteiger partial charge in [0.25, 0.3) is 5.91 Å². The summed E-state index contributed by atoms with van der Waals surface area (Å²) in [6.07, 6.45) is 1.03. The van der Waals surface area contributed by atoms with E-state index >= 15 is 0 Å². The van der Waals surface area contributed by atoms with Gasteiger partial charge < -0.3 is 4.90 Å². The standard InChI is InChI=1S/C17H19NOS2/c1-13-5-2-3-6-14(13)15-8-9-18(10-12-21-15)17(19)16-7-4-11-20-16/h2-7,11,15H,8-10,12H2,1H3/t15-/m1/s1. The molecule has 3 rings (SSSR count). The highest BCUT2D eigenvalue weighted by Crippen LogP contribution is 2.36. The van der Waals surface area contributed by atoms with Crippen LogP contribution in [0, 0.1) is 6.92 Å². The minimum Gasteiger partial charge on any atom is -0.337 e. The number of aryl methyl sites for hydroxylation is 1. The smallest absolute Gasteiger partial charge is 0.263 e. The molecule has 1 amide bonds. The molecule has 1 saturated heterocycles. The lowest BCUT2D eigenvalue weighted by Gasteiger charge is -2.20. The summed E-state index contributed by atoms with van der Waals surface area (Å²) < 4.78 is 0. The maximum Gasteiger partial charge on any atom is 0.263 e. The molecule has 1 aromatic carbocycles. The van der Waals surface area contributed by atoms with Crippen LogP contribution in [0.2, 0.25) is 0 Å². The molecule has 1 aromatic heterocycles. The number of benzene rings is 1. The first kappa shape index (κ1) is 14.7. The van der Waals surface area contributed by atoms with E-state index in [1.54, 1.807) is 0 Å². The van der Waals surface area contributed by atoms with Crippen LogP contribution in [0.15, 0.2) is 41.8 Å². The molecule has 0 spiro atoms. The second-order valence-electron chi connectivity index (χ2n) is 5.27. The van der Waals surface area contributed by atoms with Gasteiger partial charge >= 0.3 is 0 Å². The summed E-state index contributed by atoms with van der Waals surface area (Å²) in [7, 11) is 0. The Morgan fingerprint density at radius 2 is 2.05 bits per heavy atom. The summed E-state index contributed by atoms with van der Waals surface area (Å²) in [5, 5.41) is 2.47. The topological polar surface area (TPSA) is 20.3 Å². The van der Waals surface area contributed by atoms with E-state index in [2.05, 4.69) is 31.2 Å². The van der Waals surface area contributed by atoms with E-state index in [0.717, 1.165) is 30.1 Å². The Morgan fingerprint density at radius 1 is 1.19 bits per heavy atom. The quantitative estimate of drug-likeness (QED) is 0.819. The van der Waals surface area contributed by atoms with Crippen molar-refractivity contribution in [3.8, 4) is 0 Å². The van der Waals surface area contributed by atoms with E-state index in [1.807, 2.05) is 34.2 Å². The Hall–Kier alpha value is -1.26. The van der Waals surface area contributed by atoms with Crippen LogP contribution in [-0.4, -0.2) is 29.6 Å². The second-order valence-corrected chi connectivity index (χ2v) is 7.53. The van der Waals surface area contributed by atoms with Crippen molar-refractivity contribution in [2.45, 2.75) is 18.6 Å². The number of amides is 1. The molecule has 0 unspecified atom stereocenters. The molecule has 2 heterocycles. The van der Waals surface area contributed by atoms with Crippen molar-refractivity contribution in [2.24, 2.45) is 0 Å². The Balaban J connectivity index is 1.70. The average molecular weight is 317 g/mol. The first-order valence-corrected chi connectivity index (χ1v) is 9.18. The fourth-order valence-electron chi connectivity index (χ4n) is 2.73. The SMILES string of the molecule is Cc1ccccc1[C@H]1CCN(C(=O)c2cccs2)CCS1. The van der Waals surface area contributed by atoms with Crippen molar-refractivity contribution in [1.82, 2.24) is 4.90 Å². The van der Waals surface area contributed by atoms with Gasteiger partial charge in [0.15, 0.2) is 0 Å². The molecular weight excluding hydrogens is 298 g/mol. The molecule has 1 atom stereocenters. The predicted octanol–water partition coefficient (Wildman–Crippen LogP) is 4.38. The average Bonchev–Trinajstić information content (AvgIpc) is 2.92. The van der Waals surface area contributed by atoms with Gasteiger partial charge in [0, 0.05) is 24.1 Å². The molecule has 21 heavy (non-hydrogen) atoms. The summed E-state index contributed by atoms with van der Waals surface area (Å²) in [4.78, 5) is 15.3. The number of thioether (sulfide) groups is 1. The Kier molecular flexibility index (Phi) is 4.66. The van der Waals surface area contributed by atoms with E-state index < -0.39 is 0 Å². The van der Waals surface area contributed by atoms with Crippen molar-refractivity contribution < 1.29 is 4.79 Å². The number of rotatable bonds is 2. The zero-order valence-electron chi connectivity index (χ0n) is 12.1. The van der Waals surface area contributed by atoms with Gasteiger partial charge in [-0.2, -0.15) is 11.8 Å². The summed E-state index contributed by atoms with van der Waals surface area (Å²) in [5.41, 5.74) is 2.78.